The molecule has 0 fully saturated rings. The minimum atomic E-state index is -1.05. The van der Waals surface area contributed by atoms with Gasteiger partial charge in [0.05, 0.1) is 0 Å². The number of rotatable bonds is 2. The van der Waals surface area contributed by atoms with Gasteiger partial charge in [-0.15, -0.1) is 0 Å². The van der Waals surface area contributed by atoms with Crippen molar-refractivity contribution in [2.45, 2.75) is 6.42 Å². The van der Waals surface area contributed by atoms with Crippen molar-refractivity contribution in [3.8, 4) is 0 Å². The molecule has 0 saturated heterocycles. The zero-order valence-electron chi connectivity index (χ0n) is 5.82. The molecular formula is C6H6N2O2Y-2. The molecule has 0 aliphatic heterocycles. The van der Waals surface area contributed by atoms with E-state index in [1.165, 1.54) is 6.07 Å². The van der Waals surface area contributed by atoms with Crippen molar-refractivity contribution in [2.24, 2.45) is 0 Å². The van der Waals surface area contributed by atoms with E-state index < -0.39 is 5.97 Å². The SMILES string of the molecule is [CH2-]Cc1cc(C(=O)O)n[n-]1.[Y]. The second-order valence-electron chi connectivity index (χ2n) is 1.78. The molecule has 0 aliphatic carbocycles. The molecule has 0 amide bonds. The molecule has 1 N–H and O–H groups in total. The number of hydrogen-bond acceptors (Lipinski definition) is 2. The first-order chi connectivity index (χ1) is 4.74. The van der Waals surface area contributed by atoms with E-state index in [1.54, 1.807) is 0 Å². The summed E-state index contributed by atoms with van der Waals surface area (Å²) < 4.78 is 0. The Hall–Kier alpha value is -0.216. The Balaban J connectivity index is 0.000001000. The van der Waals surface area contributed by atoms with Gasteiger partial charge in [-0.05, 0) is 0 Å². The van der Waals surface area contributed by atoms with Gasteiger partial charge in [-0.1, -0.05) is 6.07 Å². The van der Waals surface area contributed by atoms with Crippen LogP contribution in [-0.4, -0.2) is 16.2 Å². The number of nitrogens with zero attached hydrogens (tertiary/aromatic N) is 2. The van der Waals surface area contributed by atoms with Crippen LogP contribution in [0.5, 0.6) is 0 Å². The maximum absolute atomic E-state index is 10.2. The summed E-state index contributed by atoms with van der Waals surface area (Å²) in [5, 5.41) is 15.3. The zero-order chi connectivity index (χ0) is 7.56. The largest absolute Gasteiger partial charge is 0.580 e. The Morgan fingerprint density at radius 3 is 2.73 bits per heavy atom. The van der Waals surface area contributed by atoms with Crippen molar-refractivity contribution >= 4 is 5.97 Å². The van der Waals surface area contributed by atoms with Crippen molar-refractivity contribution in [1.82, 2.24) is 10.2 Å². The molecule has 0 saturated carbocycles. The van der Waals surface area contributed by atoms with Crippen LogP contribution in [0.3, 0.4) is 0 Å². The average molecular weight is 227 g/mol. The number of carboxylic acid groups (broad SMARTS) is 1. The molecule has 1 aromatic heterocycles. The van der Waals surface area contributed by atoms with Gasteiger partial charge < -0.3 is 22.2 Å². The summed E-state index contributed by atoms with van der Waals surface area (Å²) in [6, 6.07) is 1.41. The summed E-state index contributed by atoms with van der Waals surface area (Å²) in [5.74, 6) is -1.05. The molecule has 0 atom stereocenters. The summed E-state index contributed by atoms with van der Waals surface area (Å²) >= 11 is 0. The molecule has 11 heavy (non-hydrogen) atoms. The third kappa shape index (κ3) is 2.71. The fourth-order valence-electron chi connectivity index (χ4n) is 0.560. The van der Waals surface area contributed by atoms with E-state index in [0.717, 1.165) is 0 Å². The smallest absolute Gasteiger partial charge is 0.352 e. The molecule has 0 bridgehead atoms. The second kappa shape index (κ2) is 4.62. The summed E-state index contributed by atoms with van der Waals surface area (Å²) in [4.78, 5) is 10.2. The maximum Gasteiger partial charge on any atom is 0.352 e. The molecule has 0 aliphatic rings. The first kappa shape index (κ1) is 10.8. The Morgan fingerprint density at radius 1 is 1.82 bits per heavy atom. The first-order valence-corrected chi connectivity index (χ1v) is 2.76. The van der Waals surface area contributed by atoms with Crippen LogP contribution in [0.25, 0.3) is 0 Å². The van der Waals surface area contributed by atoms with Crippen molar-refractivity contribution in [3.05, 3.63) is 24.4 Å². The summed E-state index contributed by atoms with van der Waals surface area (Å²) in [6.45, 7) is 3.53. The van der Waals surface area contributed by atoms with E-state index in [9.17, 15) is 4.79 Å². The fourth-order valence-corrected chi connectivity index (χ4v) is 0.560. The fraction of sp³-hybridized carbons (Fsp3) is 0.167. The first-order valence-electron chi connectivity index (χ1n) is 2.76. The van der Waals surface area contributed by atoms with E-state index in [0.29, 0.717) is 12.1 Å². The number of aromatic nitrogens is 2. The van der Waals surface area contributed by atoms with Gasteiger partial charge in [0.25, 0.3) is 0 Å². The van der Waals surface area contributed by atoms with Crippen LogP contribution in [0.15, 0.2) is 6.07 Å². The van der Waals surface area contributed by atoms with E-state index in [1.807, 2.05) is 0 Å². The summed E-state index contributed by atoms with van der Waals surface area (Å²) in [5.41, 5.74) is 0.594. The van der Waals surface area contributed by atoms with Crippen LogP contribution in [0.4, 0.5) is 0 Å². The molecule has 5 heteroatoms. The predicted molar refractivity (Wildman–Crippen MR) is 33.6 cm³/mol. The van der Waals surface area contributed by atoms with Crippen LogP contribution in [-0.2, 0) is 39.1 Å². The Kier molecular flexibility index (Phi) is 4.53. The Morgan fingerprint density at radius 2 is 2.45 bits per heavy atom. The Labute approximate surface area is 89.3 Å². The molecule has 1 radical (unpaired) electrons. The number of hydrogen-bond donors (Lipinski definition) is 1. The van der Waals surface area contributed by atoms with Crippen LogP contribution in [0, 0.1) is 6.92 Å². The van der Waals surface area contributed by atoms with E-state index in [4.69, 9.17) is 5.11 Å². The van der Waals surface area contributed by atoms with Gasteiger partial charge in [-0.2, -0.15) is 12.1 Å². The van der Waals surface area contributed by atoms with E-state index in [-0.39, 0.29) is 38.4 Å². The second-order valence-corrected chi connectivity index (χ2v) is 1.78. The van der Waals surface area contributed by atoms with Gasteiger partial charge in [0.2, 0.25) is 0 Å². The van der Waals surface area contributed by atoms with Crippen LogP contribution in [0.1, 0.15) is 16.2 Å². The molecule has 0 unspecified atom stereocenters. The third-order valence-corrected chi connectivity index (χ3v) is 1.06. The standard InChI is InChI=1S/C6H7N2O2.Y/c1-2-4-3-5(6(9)10)8-7-4;/h3H,1-2H2,(H2,7,8,9,10);/q-1;/p-1. The topological polar surface area (TPSA) is 64.3 Å². The summed E-state index contributed by atoms with van der Waals surface area (Å²) in [7, 11) is 0. The molecule has 57 valence electrons. The van der Waals surface area contributed by atoms with Crippen molar-refractivity contribution in [2.75, 3.05) is 0 Å². The van der Waals surface area contributed by atoms with E-state index >= 15 is 0 Å². The average Bonchev–Trinajstić information content (AvgIpc) is 2.34. The Bertz CT molecular complexity index is 246. The van der Waals surface area contributed by atoms with Gasteiger partial charge in [0.1, 0.15) is 5.69 Å². The van der Waals surface area contributed by atoms with Gasteiger partial charge in [-0.3, -0.25) is 0 Å². The molecular weight excluding hydrogens is 221 g/mol. The molecule has 1 rings (SSSR count). The molecule has 4 nitrogen and oxygen atoms in total. The van der Waals surface area contributed by atoms with Gasteiger partial charge in [0, 0.05) is 32.7 Å². The number of carbonyl (C=O) groups is 1. The van der Waals surface area contributed by atoms with Crippen molar-refractivity contribution in [1.29, 1.82) is 0 Å². The van der Waals surface area contributed by atoms with Crippen LogP contribution < -0.4 is 5.10 Å². The van der Waals surface area contributed by atoms with Gasteiger partial charge in [-0.25, -0.2) is 4.79 Å². The quantitative estimate of drug-likeness (QED) is 0.728. The van der Waals surface area contributed by atoms with Gasteiger partial charge in [0.15, 0.2) is 0 Å². The van der Waals surface area contributed by atoms with E-state index in [2.05, 4.69) is 17.1 Å². The predicted octanol–water partition coefficient (Wildman–Crippen LogP) is 0.111. The molecule has 0 aromatic carbocycles. The minimum absolute atomic E-state index is 0. The maximum atomic E-state index is 10.2. The van der Waals surface area contributed by atoms with Crippen LogP contribution >= 0.6 is 0 Å². The van der Waals surface area contributed by atoms with Crippen molar-refractivity contribution in [3.63, 3.8) is 0 Å². The number of aromatic carboxylic acids is 1. The van der Waals surface area contributed by atoms with Crippen LogP contribution in [0.2, 0.25) is 0 Å². The normalized spacial score (nSPS) is 8.82. The molecule has 1 heterocycles. The van der Waals surface area contributed by atoms with Gasteiger partial charge >= 0.3 is 5.97 Å². The van der Waals surface area contributed by atoms with Crippen molar-refractivity contribution < 1.29 is 42.6 Å². The molecule has 0 spiro atoms. The summed E-state index contributed by atoms with van der Waals surface area (Å²) in [6.07, 6.45) is 0.472. The zero-order valence-corrected chi connectivity index (χ0v) is 8.66. The number of carboxylic acids is 1. The minimum Gasteiger partial charge on any atom is -0.580 e. The monoisotopic (exact) mass is 227 g/mol. The molecule has 1 aromatic rings. The third-order valence-electron chi connectivity index (χ3n) is 1.06.